The van der Waals surface area contributed by atoms with E-state index in [9.17, 15) is 9.18 Å². The highest BCUT2D eigenvalue weighted by Gasteiger charge is 2.13. The van der Waals surface area contributed by atoms with Crippen LogP contribution in [0.1, 0.15) is 44.4 Å². The molecule has 3 rings (SSSR count). The number of para-hydroxylation sites is 1. The Hall–Kier alpha value is -3.15. The summed E-state index contributed by atoms with van der Waals surface area (Å²) in [5.41, 5.74) is 2.94. The molecule has 0 aliphatic heterocycles. The van der Waals surface area contributed by atoms with Crippen LogP contribution in [0.15, 0.2) is 54.7 Å². The molecule has 0 saturated carbocycles. The molecule has 170 valence electrons. The van der Waals surface area contributed by atoms with Gasteiger partial charge >= 0.3 is 5.97 Å². The molecular formula is C26H31FN2O3. The number of benzene rings is 2. The van der Waals surface area contributed by atoms with Gasteiger partial charge in [0.25, 0.3) is 0 Å². The molecule has 2 aromatic carbocycles. The highest BCUT2D eigenvalue weighted by molar-refractivity contribution is 5.69. The molecule has 0 bridgehead atoms. The number of carbonyl (C=O) groups is 1. The van der Waals surface area contributed by atoms with E-state index in [-0.39, 0.29) is 17.7 Å². The molecule has 0 aliphatic carbocycles. The van der Waals surface area contributed by atoms with Gasteiger partial charge in [-0.1, -0.05) is 25.1 Å². The van der Waals surface area contributed by atoms with E-state index in [1.54, 1.807) is 12.1 Å². The summed E-state index contributed by atoms with van der Waals surface area (Å²) >= 11 is 0. The van der Waals surface area contributed by atoms with Crippen LogP contribution in [-0.2, 0) is 16.1 Å². The number of hydrogen-bond acceptors (Lipinski definition) is 4. The second-order valence-corrected chi connectivity index (χ2v) is 8.03. The molecule has 1 atom stereocenters. The first kappa shape index (κ1) is 23.5. The lowest BCUT2D eigenvalue weighted by Crippen LogP contribution is -2.11. The molecule has 0 radical (unpaired) electrons. The van der Waals surface area contributed by atoms with E-state index in [1.807, 2.05) is 44.3 Å². The number of rotatable bonds is 11. The van der Waals surface area contributed by atoms with E-state index >= 15 is 0 Å². The number of hydrogen-bond donors (Lipinski definition) is 0. The summed E-state index contributed by atoms with van der Waals surface area (Å²) in [4.78, 5) is 16.1. The zero-order valence-electron chi connectivity index (χ0n) is 19.0. The van der Waals surface area contributed by atoms with Crippen molar-refractivity contribution in [2.75, 3.05) is 13.2 Å². The van der Waals surface area contributed by atoms with Gasteiger partial charge in [0.05, 0.1) is 19.8 Å². The molecule has 0 amide bonds. The Balaban J connectivity index is 1.62. The molecule has 0 aliphatic rings. The third kappa shape index (κ3) is 6.42. The van der Waals surface area contributed by atoms with Crippen molar-refractivity contribution >= 4 is 5.97 Å². The van der Waals surface area contributed by atoms with E-state index in [2.05, 4.69) is 16.5 Å². The van der Waals surface area contributed by atoms with Crippen LogP contribution in [0, 0.1) is 18.7 Å². The standard InChI is InChI=1S/C26H31FN2O3/c1-4-31-25(30)16-19(2)8-7-15-32-24-10-6-5-9-22(24)18-29-20(3)17-28-26(29)21-11-13-23(27)14-12-21/h5-6,9-14,17,19H,4,7-8,15-16,18H2,1-3H3/t19-/m1/s1. The van der Waals surface area contributed by atoms with Gasteiger partial charge in [-0.15, -0.1) is 0 Å². The molecule has 5 nitrogen and oxygen atoms in total. The molecule has 0 fully saturated rings. The number of nitrogens with zero attached hydrogens (tertiary/aromatic N) is 2. The van der Waals surface area contributed by atoms with Crippen LogP contribution in [0.3, 0.4) is 0 Å². The minimum atomic E-state index is -0.265. The maximum absolute atomic E-state index is 13.3. The summed E-state index contributed by atoms with van der Waals surface area (Å²) in [6, 6.07) is 14.4. The fourth-order valence-electron chi connectivity index (χ4n) is 3.66. The molecule has 0 saturated heterocycles. The highest BCUT2D eigenvalue weighted by Crippen LogP contribution is 2.25. The zero-order chi connectivity index (χ0) is 22.9. The van der Waals surface area contributed by atoms with Gasteiger partial charge in [0.15, 0.2) is 0 Å². The summed E-state index contributed by atoms with van der Waals surface area (Å²) in [6.45, 7) is 7.50. The largest absolute Gasteiger partial charge is 0.493 e. The van der Waals surface area contributed by atoms with Crippen LogP contribution in [-0.4, -0.2) is 28.7 Å². The lowest BCUT2D eigenvalue weighted by molar-refractivity contribution is -0.144. The Labute approximate surface area is 189 Å². The van der Waals surface area contributed by atoms with Crippen molar-refractivity contribution in [1.29, 1.82) is 0 Å². The second kappa shape index (κ2) is 11.5. The molecular weight excluding hydrogens is 407 g/mol. The lowest BCUT2D eigenvalue weighted by atomic mass is 10.0. The molecule has 32 heavy (non-hydrogen) atoms. The molecule has 0 N–H and O–H groups in total. The smallest absolute Gasteiger partial charge is 0.306 e. The first-order chi connectivity index (χ1) is 15.5. The highest BCUT2D eigenvalue weighted by atomic mass is 19.1. The molecule has 0 spiro atoms. The van der Waals surface area contributed by atoms with E-state index in [0.29, 0.717) is 26.2 Å². The summed E-state index contributed by atoms with van der Waals surface area (Å²) in [7, 11) is 0. The van der Waals surface area contributed by atoms with Crippen molar-refractivity contribution in [1.82, 2.24) is 9.55 Å². The van der Waals surface area contributed by atoms with Crippen LogP contribution in [0.2, 0.25) is 0 Å². The third-order valence-corrected chi connectivity index (χ3v) is 5.38. The van der Waals surface area contributed by atoms with Gasteiger partial charge in [-0.3, -0.25) is 4.79 Å². The number of aromatic nitrogens is 2. The fraction of sp³-hybridized carbons (Fsp3) is 0.385. The summed E-state index contributed by atoms with van der Waals surface area (Å²) in [5, 5.41) is 0. The molecule has 6 heteroatoms. The first-order valence-corrected chi connectivity index (χ1v) is 11.1. The quantitative estimate of drug-likeness (QED) is 0.281. The fourth-order valence-corrected chi connectivity index (χ4v) is 3.66. The van der Waals surface area contributed by atoms with Crippen molar-refractivity contribution in [2.45, 2.75) is 46.6 Å². The average Bonchev–Trinajstić information content (AvgIpc) is 3.13. The lowest BCUT2D eigenvalue weighted by Gasteiger charge is -2.16. The van der Waals surface area contributed by atoms with Crippen molar-refractivity contribution in [3.8, 4) is 17.1 Å². The minimum absolute atomic E-state index is 0.140. The van der Waals surface area contributed by atoms with Crippen LogP contribution in [0.25, 0.3) is 11.4 Å². The zero-order valence-corrected chi connectivity index (χ0v) is 19.0. The number of carbonyl (C=O) groups excluding carboxylic acids is 1. The summed E-state index contributed by atoms with van der Waals surface area (Å²) in [6.07, 6.45) is 4.03. The van der Waals surface area contributed by atoms with Gasteiger partial charge in [0.2, 0.25) is 0 Å². The maximum Gasteiger partial charge on any atom is 0.306 e. The monoisotopic (exact) mass is 438 g/mol. The van der Waals surface area contributed by atoms with Gasteiger partial charge in [-0.2, -0.15) is 0 Å². The minimum Gasteiger partial charge on any atom is -0.493 e. The Morgan fingerprint density at radius 2 is 1.91 bits per heavy atom. The number of esters is 1. The van der Waals surface area contributed by atoms with Gasteiger partial charge < -0.3 is 14.0 Å². The normalized spacial score (nSPS) is 11.9. The van der Waals surface area contributed by atoms with Gasteiger partial charge in [0, 0.05) is 29.4 Å². The van der Waals surface area contributed by atoms with Crippen molar-refractivity contribution in [3.05, 3.63) is 71.8 Å². The van der Waals surface area contributed by atoms with E-state index in [0.717, 1.165) is 41.2 Å². The van der Waals surface area contributed by atoms with Crippen LogP contribution < -0.4 is 4.74 Å². The maximum atomic E-state index is 13.3. The van der Waals surface area contributed by atoms with Gasteiger partial charge in [-0.25, -0.2) is 9.37 Å². The molecule has 3 aromatic rings. The van der Waals surface area contributed by atoms with Crippen LogP contribution in [0.5, 0.6) is 5.75 Å². The second-order valence-electron chi connectivity index (χ2n) is 8.03. The predicted molar refractivity (Wildman–Crippen MR) is 123 cm³/mol. The average molecular weight is 439 g/mol. The van der Waals surface area contributed by atoms with Crippen molar-refractivity contribution in [2.24, 2.45) is 5.92 Å². The van der Waals surface area contributed by atoms with E-state index in [4.69, 9.17) is 9.47 Å². The van der Waals surface area contributed by atoms with Gasteiger partial charge in [-0.05, 0) is 62.9 Å². The molecule has 0 unspecified atom stereocenters. The summed E-state index contributed by atoms with van der Waals surface area (Å²) in [5.74, 6) is 1.49. The Morgan fingerprint density at radius 1 is 1.16 bits per heavy atom. The number of imidazole rings is 1. The van der Waals surface area contributed by atoms with Crippen LogP contribution >= 0.6 is 0 Å². The number of halogens is 1. The van der Waals surface area contributed by atoms with Gasteiger partial charge in [0.1, 0.15) is 17.4 Å². The molecule has 1 heterocycles. The topological polar surface area (TPSA) is 53.4 Å². The summed E-state index contributed by atoms with van der Waals surface area (Å²) < 4.78 is 26.5. The van der Waals surface area contributed by atoms with Crippen molar-refractivity contribution < 1.29 is 18.7 Å². The Kier molecular flexibility index (Phi) is 8.42. The number of ether oxygens (including phenoxy) is 2. The predicted octanol–water partition coefficient (Wildman–Crippen LogP) is 5.79. The third-order valence-electron chi connectivity index (χ3n) is 5.38. The molecule has 1 aromatic heterocycles. The Morgan fingerprint density at radius 3 is 2.66 bits per heavy atom. The van der Waals surface area contributed by atoms with Crippen LogP contribution in [0.4, 0.5) is 4.39 Å². The SMILES string of the molecule is CCOC(=O)C[C@H](C)CCCOc1ccccc1Cn1c(C)cnc1-c1ccc(F)cc1. The van der Waals surface area contributed by atoms with E-state index in [1.165, 1.54) is 12.1 Å². The van der Waals surface area contributed by atoms with E-state index < -0.39 is 0 Å². The Bertz CT molecular complexity index is 1010. The van der Waals surface area contributed by atoms with Crippen molar-refractivity contribution in [3.63, 3.8) is 0 Å². The number of aryl methyl sites for hydroxylation is 1. The first-order valence-electron chi connectivity index (χ1n) is 11.1.